The van der Waals surface area contributed by atoms with E-state index in [4.69, 9.17) is 26.8 Å². The topological polar surface area (TPSA) is 112 Å². The first-order valence-electron chi connectivity index (χ1n) is 8.42. The summed E-state index contributed by atoms with van der Waals surface area (Å²) in [6.45, 7) is 1.52. The summed E-state index contributed by atoms with van der Waals surface area (Å²) in [6, 6.07) is 10.0. The zero-order chi connectivity index (χ0) is 19.2. The van der Waals surface area contributed by atoms with Crippen LogP contribution in [0.4, 0.5) is 11.4 Å². The third-order valence-corrected chi connectivity index (χ3v) is 4.16. The summed E-state index contributed by atoms with van der Waals surface area (Å²) in [5.41, 5.74) is 7.16. The van der Waals surface area contributed by atoms with Crippen molar-refractivity contribution in [2.75, 3.05) is 25.1 Å². The lowest BCUT2D eigenvalue weighted by Crippen LogP contribution is -2.23. The second-order valence-corrected chi connectivity index (χ2v) is 6.32. The van der Waals surface area contributed by atoms with E-state index in [9.17, 15) is 10.1 Å². The van der Waals surface area contributed by atoms with Gasteiger partial charge in [0.2, 0.25) is 0 Å². The number of aliphatic imine (C=N–C) groups is 1. The Morgan fingerprint density at radius 3 is 2.71 bits per heavy atom. The standard InChI is InChI=1S/C18H19ClN4O4.HI/c19-13-3-2-12(15(10-13)23(24)25)6-7-21-18(20)22-14-4-5-16-17(11-14)27-9-1-8-26-16;/h2-5,10-11H,1,6-9H2,(H3,20,21,22);1H. The van der Waals surface area contributed by atoms with Crippen LogP contribution in [0, 0.1) is 10.1 Å². The third-order valence-electron chi connectivity index (χ3n) is 3.93. The largest absolute Gasteiger partial charge is 0.490 e. The van der Waals surface area contributed by atoms with Crippen molar-refractivity contribution in [2.24, 2.45) is 10.7 Å². The molecule has 1 aliphatic rings. The predicted octanol–water partition coefficient (Wildman–Crippen LogP) is 4.00. The molecule has 0 bridgehead atoms. The van der Waals surface area contributed by atoms with Gasteiger partial charge in [-0.05, 0) is 24.6 Å². The fraction of sp³-hybridized carbons (Fsp3) is 0.278. The quantitative estimate of drug-likeness (QED) is 0.203. The molecule has 0 spiro atoms. The van der Waals surface area contributed by atoms with Gasteiger partial charge in [-0.1, -0.05) is 17.7 Å². The minimum absolute atomic E-state index is 0. The van der Waals surface area contributed by atoms with Crippen molar-refractivity contribution in [1.82, 2.24) is 0 Å². The summed E-state index contributed by atoms with van der Waals surface area (Å²) in [7, 11) is 0. The Bertz CT molecular complexity index is 879. The zero-order valence-electron chi connectivity index (χ0n) is 14.9. The highest BCUT2D eigenvalue weighted by Gasteiger charge is 2.14. The van der Waals surface area contributed by atoms with Gasteiger partial charge in [0.15, 0.2) is 17.5 Å². The van der Waals surface area contributed by atoms with Crippen molar-refractivity contribution < 1.29 is 14.4 Å². The van der Waals surface area contributed by atoms with Gasteiger partial charge in [-0.3, -0.25) is 15.1 Å². The number of fused-ring (bicyclic) bond motifs is 1. The molecule has 3 N–H and O–H groups in total. The van der Waals surface area contributed by atoms with Crippen LogP contribution >= 0.6 is 35.6 Å². The van der Waals surface area contributed by atoms with Gasteiger partial charge in [0, 0.05) is 41.4 Å². The van der Waals surface area contributed by atoms with Crippen molar-refractivity contribution in [1.29, 1.82) is 0 Å². The lowest BCUT2D eigenvalue weighted by Gasteiger charge is -2.10. The molecule has 10 heteroatoms. The van der Waals surface area contributed by atoms with Crippen LogP contribution in [0.3, 0.4) is 0 Å². The summed E-state index contributed by atoms with van der Waals surface area (Å²) in [5.74, 6) is 1.56. The molecule has 0 unspecified atom stereocenters. The van der Waals surface area contributed by atoms with Crippen LogP contribution in [-0.2, 0) is 6.42 Å². The summed E-state index contributed by atoms with van der Waals surface area (Å²) in [4.78, 5) is 14.9. The van der Waals surface area contributed by atoms with Crippen LogP contribution in [-0.4, -0.2) is 30.6 Å². The highest BCUT2D eigenvalue weighted by atomic mass is 127. The number of nitrogens with zero attached hydrogens (tertiary/aromatic N) is 2. The minimum atomic E-state index is -0.454. The van der Waals surface area contributed by atoms with E-state index in [2.05, 4.69) is 10.3 Å². The monoisotopic (exact) mass is 518 g/mol. The molecule has 0 saturated carbocycles. The van der Waals surface area contributed by atoms with Gasteiger partial charge in [0.05, 0.1) is 18.1 Å². The average molecular weight is 519 g/mol. The molecular weight excluding hydrogens is 499 g/mol. The number of hydrogen-bond donors (Lipinski definition) is 2. The highest BCUT2D eigenvalue weighted by Crippen LogP contribution is 2.32. The Hall–Kier alpha value is -2.27. The second-order valence-electron chi connectivity index (χ2n) is 5.88. The molecule has 1 aliphatic heterocycles. The maximum Gasteiger partial charge on any atom is 0.274 e. The molecule has 0 aliphatic carbocycles. The van der Waals surface area contributed by atoms with Crippen molar-refractivity contribution in [3.8, 4) is 11.5 Å². The van der Waals surface area contributed by atoms with E-state index < -0.39 is 4.92 Å². The smallest absolute Gasteiger partial charge is 0.274 e. The number of guanidine groups is 1. The SMILES string of the molecule is I.NC(=NCCc1ccc(Cl)cc1[N+](=O)[O-])Nc1ccc2c(c1)OCCCO2. The number of hydrogen-bond acceptors (Lipinski definition) is 5. The van der Waals surface area contributed by atoms with Gasteiger partial charge in [-0.2, -0.15) is 0 Å². The fourth-order valence-corrected chi connectivity index (χ4v) is 2.81. The Kier molecular flexibility index (Phi) is 8.12. The fourth-order valence-electron chi connectivity index (χ4n) is 2.64. The van der Waals surface area contributed by atoms with E-state index in [1.165, 1.54) is 6.07 Å². The lowest BCUT2D eigenvalue weighted by molar-refractivity contribution is -0.385. The number of nitro benzene ring substituents is 1. The third kappa shape index (κ3) is 5.86. The number of halogens is 2. The minimum Gasteiger partial charge on any atom is -0.490 e. The lowest BCUT2D eigenvalue weighted by atomic mass is 10.1. The van der Waals surface area contributed by atoms with Crippen LogP contribution in [0.1, 0.15) is 12.0 Å². The van der Waals surface area contributed by atoms with E-state index in [0.717, 1.165) is 12.1 Å². The second kappa shape index (κ2) is 10.3. The Labute approximate surface area is 184 Å². The van der Waals surface area contributed by atoms with Crippen molar-refractivity contribution in [3.63, 3.8) is 0 Å². The maximum absolute atomic E-state index is 11.1. The highest BCUT2D eigenvalue weighted by molar-refractivity contribution is 14.0. The van der Waals surface area contributed by atoms with Gasteiger partial charge >= 0.3 is 0 Å². The van der Waals surface area contributed by atoms with Crippen LogP contribution in [0.15, 0.2) is 41.4 Å². The molecule has 3 rings (SSSR count). The van der Waals surface area contributed by atoms with Crippen LogP contribution in [0.2, 0.25) is 5.02 Å². The first kappa shape index (κ1) is 22.0. The Morgan fingerprint density at radius 2 is 1.96 bits per heavy atom. The Morgan fingerprint density at radius 1 is 1.21 bits per heavy atom. The number of benzene rings is 2. The van der Waals surface area contributed by atoms with Gasteiger partial charge < -0.3 is 20.5 Å². The van der Waals surface area contributed by atoms with Crippen LogP contribution in [0.25, 0.3) is 0 Å². The van der Waals surface area contributed by atoms with Gasteiger partial charge in [-0.25, -0.2) is 0 Å². The summed E-state index contributed by atoms with van der Waals surface area (Å²) in [6.07, 6.45) is 1.20. The molecule has 0 atom stereocenters. The van der Waals surface area contributed by atoms with Crippen molar-refractivity contribution in [2.45, 2.75) is 12.8 Å². The maximum atomic E-state index is 11.1. The predicted molar refractivity (Wildman–Crippen MR) is 119 cm³/mol. The normalized spacial score (nSPS) is 13.2. The molecule has 0 radical (unpaired) electrons. The zero-order valence-corrected chi connectivity index (χ0v) is 18.0. The van der Waals surface area contributed by atoms with Gasteiger partial charge in [-0.15, -0.1) is 24.0 Å². The number of ether oxygens (including phenoxy) is 2. The van der Waals surface area contributed by atoms with E-state index in [1.54, 1.807) is 18.2 Å². The number of anilines is 1. The van der Waals surface area contributed by atoms with E-state index in [1.807, 2.05) is 12.1 Å². The van der Waals surface area contributed by atoms with Gasteiger partial charge in [0.1, 0.15) is 0 Å². The van der Waals surface area contributed by atoms with E-state index in [-0.39, 0.29) is 35.6 Å². The molecule has 8 nitrogen and oxygen atoms in total. The summed E-state index contributed by atoms with van der Waals surface area (Å²) in [5, 5.41) is 14.4. The molecule has 2 aromatic rings. The summed E-state index contributed by atoms with van der Waals surface area (Å²) < 4.78 is 11.2. The molecule has 150 valence electrons. The Balaban J connectivity index is 0.00000280. The number of nitrogens with one attached hydrogen (secondary N) is 1. The summed E-state index contributed by atoms with van der Waals surface area (Å²) >= 11 is 5.82. The van der Waals surface area contributed by atoms with E-state index in [0.29, 0.717) is 48.3 Å². The first-order valence-corrected chi connectivity index (χ1v) is 8.80. The molecule has 0 fully saturated rings. The molecule has 2 aromatic carbocycles. The number of rotatable bonds is 5. The van der Waals surface area contributed by atoms with Crippen molar-refractivity contribution in [3.05, 3.63) is 57.1 Å². The molecule has 0 aromatic heterocycles. The van der Waals surface area contributed by atoms with Gasteiger partial charge in [0.25, 0.3) is 5.69 Å². The molecular formula is C18H20ClIN4O4. The molecule has 0 saturated heterocycles. The molecule has 28 heavy (non-hydrogen) atoms. The van der Waals surface area contributed by atoms with Crippen LogP contribution < -0.4 is 20.5 Å². The van der Waals surface area contributed by atoms with Crippen molar-refractivity contribution >= 4 is 52.9 Å². The molecule has 0 amide bonds. The number of nitro groups is 1. The molecule has 1 heterocycles. The van der Waals surface area contributed by atoms with Crippen LogP contribution in [0.5, 0.6) is 11.5 Å². The number of nitrogens with two attached hydrogens (primary N) is 1. The first-order chi connectivity index (χ1) is 13.0. The van der Waals surface area contributed by atoms with E-state index >= 15 is 0 Å². The average Bonchev–Trinajstić information content (AvgIpc) is 2.87.